The largest absolute Gasteiger partial charge is 0.490 e. The Morgan fingerprint density at radius 2 is 1.97 bits per heavy atom. The maximum absolute atomic E-state index is 12.9. The number of nitrogens with one attached hydrogen (secondary N) is 1. The lowest BCUT2D eigenvalue weighted by Crippen LogP contribution is -2.42. The van der Waals surface area contributed by atoms with E-state index in [0.29, 0.717) is 23.7 Å². The molecule has 0 spiro atoms. The van der Waals surface area contributed by atoms with Gasteiger partial charge in [-0.1, -0.05) is 30.3 Å². The number of aryl methyl sites for hydroxylation is 1. The minimum absolute atomic E-state index is 0.0657. The van der Waals surface area contributed by atoms with Gasteiger partial charge in [0.25, 0.3) is 0 Å². The fraction of sp³-hybridized carbons (Fsp3) is 0.318. The number of carbonyl (C=O) groups is 1. The predicted molar refractivity (Wildman–Crippen MR) is 116 cm³/mol. The number of benzene rings is 2. The Labute approximate surface area is 172 Å². The lowest BCUT2D eigenvalue weighted by Gasteiger charge is -2.27. The molecule has 6 nitrogen and oxygen atoms in total. The molecule has 1 heterocycles. The van der Waals surface area contributed by atoms with E-state index in [2.05, 4.69) is 11.3 Å². The van der Waals surface area contributed by atoms with Crippen LogP contribution in [0.15, 0.2) is 55.1 Å². The molecule has 0 fully saturated rings. The van der Waals surface area contributed by atoms with Gasteiger partial charge in [0.2, 0.25) is 15.9 Å². The minimum atomic E-state index is -3.61. The quantitative estimate of drug-likeness (QED) is 0.728. The minimum Gasteiger partial charge on any atom is -0.490 e. The lowest BCUT2D eigenvalue weighted by atomic mass is 9.93. The van der Waals surface area contributed by atoms with Crippen LogP contribution in [0.1, 0.15) is 25.0 Å². The summed E-state index contributed by atoms with van der Waals surface area (Å²) < 4.78 is 33.8. The molecule has 0 atom stereocenters. The molecule has 1 aliphatic rings. The van der Waals surface area contributed by atoms with Crippen molar-refractivity contribution in [2.75, 3.05) is 22.8 Å². The average Bonchev–Trinajstić information content (AvgIpc) is 2.74. The first-order chi connectivity index (χ1) is 13.6. The van der Waals surface area contributed by atoms with Crippen molar-refractivity contribution in [2.45, 2.75) is 26.5 Å². The van der Waals surface area contributed by atoms with E-state index < -0.39 is 15.4 Å². The van der Waals surface area contributed by atoms with Crippen LogP contribution in [-0.2, 0) is 20.6 Å². The highest BCUT2D eigenvalue weighted by Gasteiger charge is 2.37. The van der Waals surface area contributed by atoms with Gasteiger partial charge in [0, 0.05) is 12.6 Å². The number of hydrogen-bond donors (Lipinski definition) is 1. The summed E-state index contributed by atoms with van der Waals surface area (Å²) in [6.07, 6.45) is 1.65. The predicted octanol–water partition coefficient (Wildman–Crippen LogP) is 3.87. The molecular weight excluding hydrogens is 388 g/mol. The monoisotopic (exact) mass is 414 g/mol. The summed E-state index contributed by atoms with van der Waals surface area (Å²) in [4.78, 5) is 14.5. The molecule has 1 aliphatic heterocycles. The van der Waals surface area contributed by atoms with Crippen LogP contribution in [0.2, 0.25) is 0 Å². The normalized spacial score (nSPS) is 15.8. The molecule has 0 bridgehead atoms. The summed E-state index contributed by atoms with van der Waals surface area (Å²) in [6.45, 7) is 9.80. The number of nitrogens with zero attached hydrogens (tertiary/aromatic N) is 1. The van der Waals surface area contributed by atoms with Gasteiger partial charge >= 0.3 is 0 Å². The molecule has 0 aromatic heterocycles. The second-order valence-corrected chi connectivity index (χ2v) is 9.57. The highest BCUT2D eigenvalue weighted by Crippen LogP contribution is 2.38. The Hall–Kier alpha value is -2.80. The van der Waals surface area contributed by atoms with Crippen molar-refractivity contribution >= 4 is 27.3 Å². The first-order valence-electron chi connectivity index (χ1n) is 9.38. The van der Waals surface area contributed by atoms with Crippen LogP contribution >= 0.6 is 0 Å². The molecule has 0 saturated heterocycles. The SMILES string of the molecule is C=CCN1C(=O)C(C)(C)COc2cc(NS(=O)(=O)Cc3ccccc3C)ccc21. The van der Waals surface area contributed by atoms with Crippen LogP contribution < -0.4 is 14.4 Å². The third-order valence-corrected chi connectivity index (χ3v) is 6.09. The molecule has 0 radical (unpaired) electrons. The molecule has 0 aliphatic carbocycles. The number of amides is 1. The van der Waals surface area contributed by atoms with Gasteiger partial charge in [0.05, 0.1) is 22.5 Å². The third kappa shape index (κ3) is 4.62. The van der Waals surface area contributed by atoms with Gasteiger partial charge in [-0.25, -0.2) is 8.42 Å². The number of hydrogen-bond acceptors (Lipinski definition) is 4. The summed E-state index contributed by atoms with van der Waals surface area (Å²) in [5.74, 6) is 0.275. The maximum Gasteiger partial charge on any atom is 0.236 e. The second kappa shape index (κ2) is 7.91. The maximum atomic E-state index is 12.9. The molecule has 3 rings (SSSR count). The average molecular weight is 415 g/mol. The van der Waals surface area contributed by atoms with Gasteiger partial charge in [-0.05, 0) is 44.0 Å². The third-order valence-electron chi connectivity index (χ3n) is 4.86. The topological polar surface area (TPSA) is 75.7 Å². The summed E-state index contributed by atoms with van der Waals surface area (Å²) >= 11 is 0. The van der Waals surface area contributed by atoms with Crippen molar-refractivity contribution in [3.05, 3.63) is 66.2 Å². The van der Waals surface area contributed by atoms with E-state index in [1.807, 2.05) is 39.0 Å². The highest BCUT2D eigenvalue weighted by atomic mass is 32.2. The van der Waals surface area contributed by atoms with Crippen LogP contribution in [-0.4, -0.2) is 27.5 Å². The van der Waals surface area contributed by atoms with Crippen molar-refractivity contribution in [3.63, 3.8) is 0 Å². The Morgan fingerprint density at radius 3 is 2.66 bits per heavy atom. The van der Waals surface area contributed by atoms with Crippen LogP contribution in [0.3, 0.4) is 0 Å². The molecule has 1 N–H and O–H groups in total. The number of anilines is 2. The molecule has 2 aromatic rings. The molecular formula is C22H26N2O4S. The van der Waals surface area contributed by atoms with Crippen molar-refractivity contribution in [1.82, 2.24) is 0 Å². The van der Waals surface area contributed by atoms with Gasteiger partial charge < -0.3 is 9.64 Å². The Balaban J connectivity index is 1.89. The summed E-state index contributed by atoms with van der Waals surface area (Å²) in [5, 5.41) is 0. The van der Waals surface area contributed by atoms with Crippen molar-refractivity contribution in [3.8, 4) is 5.75 Å². The molecule has 29 heavy (non-hydrogen) atoms. The van der Waals surface area contributed by atoms with Crippen LogP contribution in [0.5, 0.6) is 5.75 Å². The van der Waals surface area contributed by atoms with Gasteiger partial charge in [0.1, 0.15) is 12.4 Å². The lowest BCUT2D eigenvalue weighted by molar-refractivity contribution is -0.127. The number of fused-ring (bicyclic) bond motifs is 1. The number of rotatable bonds is 6. The first-order valence-corrected chi connectivity index (χ1v) is 11.0. The molecule has 2 aromatic carbocycles. The first kappa shape index (κ1) is 20.9. The van der Waals surface area contributed by atoms with Crippen LogP contribution in [0.25, 0.3) is 0 Å². The zero-order valence-corrected chi connectivity index (χ0v) is 17.8. The van der Waals surface area contributed by atoms with E-state index in [-0.39, 0.29) is 18.3 Å². The van der Waals surface area contributed by atoms with E-state index in [9.17, 15) is 13.2 Å². The van der Waals surface area contributed by atoms with Gasteiger partial charge in [-0.15, -0.1) is 6.58 Å². The second-order valence-electron chi connectivity index (χ2n) is 7.85. The molecule has 154 valence electrons. The van der Waals surface area contributed by atoms with Crippen molar-refractivity contribution < 1.29 is 17.9 Å². The zero-order valence-electron chi connectivity index (χ0n) is 16.9. The molecule has 0 saturated carbocycles. The summed E-state index contributed by atoms with van der Waals surface area (Å²) in [7, 11) is -3.61. The van der Waals surface area contributed by atoms with E-state index in [1.165, 1.54) is 0 Å². The van der Waals surface area contributed by atoms with Gasteiger partial charge in [-0.3, -0.25) is 9.52 Å². The fourth-order valence-electron chi connectivity index (χ4n) is 3.21. The van der Waals surface area contributed by atoms with Gasteiger partial charge in [0.15, 0.2) is 0 Å². The molecule has 1 amide bonds. The number of ether oxygens (including phenoxy) is 1. The van der Waals surface area contributed by atoms with E-state index >= 15 is 0 Å². The van der Waals surface area contributed by atoms with Crippen LogP contribution in [0.4, 0.5) is 11.4 Å². The standard InChI is InChI=1S/C22H26N2O4S/c1-5-12-24-19-11-10-18(13-20(19)28-15-22(3,4)21(24)25)23-29(26,27)14-17-9-7-6-8-16(17)2/h5-11,13,23H,1,12,14-15H2,2-4H3. The van der Waals surface area contributed by atoms with Crippen molar-refractivity contribution in [2.24, 2.45) is 5.41 Å². The van der Waals surface area contributed by atoms with E-state index in [1.54, 1.807) is 35.2 Å². The van der Waals surface area contributed by atoms with Crippen LogP contribution in [0, 0.1) is 12.3 Å². The fourth-order valence-corrected chi connectivity index (χ4v) is 4.51. The Kier molecular flexibility index (Phi) is 5.71. The van der Waals surface area contributed by atoms with E-state index in [4.69, 9.17) is 4.74 Å². The summed E-state index contributed by atoms with van der Waals surface area (Å²) in [5.41, 5.74) is 1.96. The highest BCUT2D eigenvalue weighted by molar-refractivity contribution is 7.91. The molecule has 0 unspecified atom stereocenters. The van der Waals surface area contributed by atoms with E-state index in [0.717, 1.165) is 11.1 Å². The smallest absolute Gasteiger partial charge is 0.236 e. The Morgan fingerprint density at radius 1 is 1.24 bits per heavy atom. The molecule has 7 heteroatoms. The van der Waals surface area contributed by atoms with Crippen molar-refractivity contribution in [1.29, 1.82) is 0 Å². The number of sulfonamides is 1. The Bertz CT molecular complexity index is 1040. The van der Waals surface area contributed by atoms with Gasteiger partial charge in [-0.2, -0.15) is 0 Å². The zero-order chi connectivity index (χ0) is 21.2. The number of carbonyl (C=O) groups excluding carboxylic acids is 1. The summed E-state index contributed by atoms with van der Waals surface area (Å²) in [6, 6.07) is 12.3.